The average Bonchev–Trinajstić information content (AvgIpc) is 2.63. The normalized spacial score (nSPS) is 10.8. The number of rotatable bonds is 8. The lowest BCUT2D eigenvalue weighted by Gasteiger charge is -2.02. The number of unbranched alkanes of at least 4 members (excludes halogenated alkanes) is 1. The predicted molar refractivity (Wildman–Crippen MR) is 71.0 cm³/mol. The van der Waals surface area contributed by atoms with Crippen LogP contribution in [0.15, 0.2) is 5.38 Å². The van der Waals surface area contributed by atoms with Crippen molar-refractivity contribution in [1.29, 1.82) is 0 Å². The zero-order valence-corrected chi connectivity index (χ0v) is 11.2. The average molecular weight is 244 g/mol. The van der Waals surface area contributed by atoms with E-state index in [9.17, 15) is 0 Å². The highest BCUT2D eigenvalue weighted by atomic mass is 32.2. The number of nitrogens with one attached hydrogen (secondary N) is 1. The van der Waals surface area contributed by atoms with Crippen molar-refractivity contribution in [3.8, 4) is 0 Å². The van der Waals surface area contributed by atoms with Gasteiger partial charge in [0.05, 0.1) is 10.7 Å². The first-order valence-corrected chi connectivity index (χ1v) is 7.71. The van der Waals surface area contributed by atoms with Crippen LogP contribution in [0.25, 0.3) is 0 Å². The summed E-state index contributed by atoms with van der Waals surface area (Å²) in [4.78, 5) is 4.43. The SMILES string of the molecule is CSCCCCNCCc1csc(C)n1. The van der Waals surface area contributed by atoms with Gasteiger partial charge < -0.3 is 5.32 Å². The smallest absolute Gasteiger partial charge is 0.0897 e. The highest BCUT2D eigenvalue weighted by molar-refractivity contribution is 7.98. The monoisotopic (exact) mass is 244 g/mol. The molecule has 0 saturated carbocycles. The van der Waals surface area contributed by atoms with E-state index in [2.05, 4.69) is 28.9 Å². The molecule has 1 N–H and O–H groups in total. The lowest BCUT2D eigenvalue weighted by molar-refractivity contribution is 0.639. The maximum Gasteiger partial charge on any atom is 0.0897 e. The van der Waals surface area contributed by atoms with Crippen LogP contribution in [0.3, 0.4) is 0 Å². The fraction of sp³-hybridized carbons (Fsp3) is 0.727. The molecular formula is C11H20N2S2. The van der Waals surface area contributed by atoms with E-state index >= 15 is 0 Å². The van der Waals surface area contributed by atoms with E-state index in [1.54, 1.807) is 11.3 Å². The quantitative estimate of drug-likeness (QED) is 0.712. The molecule has 1 rings (SSSR count). The number of thiazole rings is 1. The number of thioether (sulfide) groups is 1. The second kappa shape index (κ2) is 8.13. The van der Waals surface area contributed by atoms with Gasteiger partial charge in [0, 0.05) is 18.3 Å². The maximum atomic E-state index is 4.43. The first kappa shape index (κ1) is 13.0. The number of hydrogen-bond acceptors (Lipinski definition) is 4. The number of aryl methyl sites for hydroxylation is 1. The number of aromatic nitrogens is 1. The van der Waals surface area contributed by atoms with E-state index in [1.165, 1.54) is 29.3 Å². The molecule has 15 heavy (non-hydrogen) atoms. The molecular weight excluding hydrogens is 224 g/mol. The molecule has 1 aromatic heterocycles. The van der Waals surface area contributed by atoms with Gasteiger partial charge >= 0.3 is 0 Å². The molecule has 0 aliphatic rings. The van der Waals surface area contributed by atoms with Crippen LogP contribution in [0.5, 0.6) is 0 Å². The summed E-state index contributed by atoms with van der Waals surface area (Å²) < 4.78 is 0. The summed E-state index contributed by atoms with van der Waals surface area (Å²) in [6.07, 6.45) is 5.84. The predicted octanol–water partition coefficient (Wildman–Crippen LogP) is 2.73. The fourth-order valence-corrected chi connectivity index (χ4v) is 2.50. The third kappa shape index (κ3) is 6.17. The van der Waals surface area contributed by atoms with Gasteiger partial charge in [-0.2, -0.15) is 11.8 Å². The molecule has 0 spiro atoms. The summed E-state index contributed by atoms with van der Waals surface area (Å²) in [6.45, 7) is 4.26. The number of nitrogens with zero attached hydrogens (tertiary/aromatic N) is 1. The van der Waals surface area contributed by atoms with Crippen molar-refractivity contribution in [2.24, 2.45) is 0 Å². The van der Waals surface area contributed by atoms with Crippen LogP contribution in [-0.4, -0.2) is 30.1 Å². The van der Waals surface area contributed by atoms with Crippen LogP contribution < -0.4 is 5.32 Å². The lowest BCUT2D eigenvalue weighted by Crippen LogP contribution is -2.18. The van der Waals surface area contributed by atoms with Gasteiger partial charge in [0.2, 0.25) is 0 Å². The molecule has 0 aliphatic carbocycles. The summed E-state index contributed by atoms with van der Waals surface area (Å²) in [5, 5.41) is 6.79. The Balaban J connectivity index is 1.93. The Labute approximate surface area is 101 Å². The van der Waals surface area contributed by atoms with Crippen LogP contribution in [-0.2, 0) is 6.42 Å². The van der Waals surface area contributed by atoms with Crippen molar-refractivity contribution in [2.75, 3.05) is 25.1 Å². The summed E-state index contributed by atoms with van der Waals surface area (Å²) >= 11 is 3.67. The molecule has 0 atom stereocenters. The molecule has 0 aliphatic heterocycles. The highest BCUT2D eigenvalue weighted by Gasteiger charge is 1.97. The Bertz CT molecular complexity index is 261. The topological polar surface area (TPSA) is 24.9 Å². The van der Waals surface area contributed by atoms with E-state index < -0.39 is 0 Å². The van der Waals surface area contributed by atoms with Gasteiger partial charge in [-0.3, -0.25) is 0 Å². The summed E-state index contributed by atoms with van der Waals surface area (Å²) in [5.74, 6) is 1.28. The summed E-state index contributed by atoms with van der Waals surface area (Å²) in [7, 11) is 0. The first-order valence-electron chi connectivity index (χ1n) is 5.43. The van der Waals surface area contributed by atoms with Crippen molar-refractivity contribution >= 4 is 23.1 Å². The molecule has 0 saturated heterocycles. The second-order valence-electron chi connectivity index (χ2n) is 3.56. The molecule has 0 amide bonds. The highest BCUT2D eigenvalue weighted by Crippen LogP contribution is 2.07. The molecule has 1 aromatic rings. The molecule has 0 unspecified atom stereocenters. The van der Waals surface area contributed by atoms with Gasteiger partial charge in [0.25, 0.3) is 0 Å². The Morgan fingerprint density at radius 3 is 2.93 bits per heavy atom. The van der Waals surface area contributed by atoms with Crippen molar-refractivity contribution < 1.29 is 0 Å². The largest absolute Gasteiger partial charge is 0.316 e. The van der Waals surface area contributed by atoms with Gasteiger partial charge in [-0.1, -0.05) is 0 Å². The van der Waals surface area contributed by atoms with Crippen molar-refractivity contribution in [1.82, 2.24) is 10.3 Å². The summed E-state index contributed by atoms with van der Waals surface area (Å²) in [6, 6.07) is 0. The van der Waals surface area contributed by atoms with E-state index in [-0.39, 0.29) is 0 Å². The van der Waals surface area contributed by atoms with E-state index in [1.807, 2.05) is 11.8 Å². The van der Waals surface area contributed by atoms with Crippen LogP contribution in [0.2, 0.25) is 0 Å². The van der Waals surface area contributed by atoms with Crippen molar-refractivity contribution in [2.45, 2.75) is 26.2 Å². The van der Waals surface area contributed by atoms with E-state index in [4.69, 9.17) is 0 Å². The minimum absolute atomic E-state index is 1.06. The Kier molecular flexibility index (Phi) is 7.05. The van der Waals surface area contributed by atoms with Crippen molar-refractivity contribution in [3.63, 3.8) is 0 Å². The summed E-state index contributed by atoms with van der Waals surface area (Å²) in [5.41, 5.74) is 1.23. The molecule has 0 aromatic carbocycles. The van der Waals surface area contributed by atoms with Gasteiger partial charge in [-0.05, 0) is 38.3 Å². The molecule has 86 valence electrons. The van der Waals surface area contributed by atoms with Gasteiger partial charge in [-0.25, -0.2) is 4.98 Å². The van der Waals surface area contributed by atoms with Crippen molar-refractivity contribution in [3.05, 3.63) is 16.1 Å². The fourth-order valence-electron chi connectivity index (χ4n) is 1.36. The number of hydrogen-bond donors (Lipinski definition) is 1. The van der Waals surface area contributed by atoms with Gasteiger partial charge in [0.1, 0.15) is 0 Å². The van der Waals surface area contributed by atoms with Crippen LogP contribution in [0.4, 0.5) is 0 Å². The van der Waals surface area contributed by atoms with Gasteiger partial charge in [0.15, 0.2) is 0 Å². The molecule has 0 fully saturated rings. The van der Waals surface area contributed by atoms with E-state index in [0.29, 0.717) is 0 Å². The van der Waals surface area contributed by atoms with E-state index in [0.717, 1.165) is 19.5 Å². The Hall–Kier alpha value is -0.0600. The standard InChI is InChI=1S/C11H20N2S2/c1-10-13-11(9-15-10)5-7-12-6-3-4-8-14-2/h9,12H,3-8H2,1-2H3. The Morgan fingerprint density at radius 2 is 2.27 bits per heavy atom. The van der Waals surface area contributed by atoms with Crippen LogP contribution >= 0.6 is 23.1 Å². The third-order valence-corrected chi connectivity index (χ3v) is 3.70. The third-order valence-electron chi connectivity index (χ3n) is 2.18. The lowest BCUT2D eigenvalue weighted by atomic mass is 10.3. The Morgan fingerprint density at radius 1 is 1.40 bits per heavy atom. The first-order chi connectivity index (χ1) is 7.33. The van der Waals surface area contributed by atoms with Crippen LogP contribution in [0.1, 0.15) is 23.5 Å². The molecule has 4 heteroatoms. The van der Waals surface area contributed by atoms with Gasteiger partial charge in [-0.15, -0.1) is 11.3 Å². The molecule has 0 radical (unpaired) electrons. The molecule has 1 heterocycles. The second-order valence-corrected chi connectivity index (χ2v) is 5.61. The van der Waals surface area contributed by atoms with Crippen LogP contribution in [0, 0.1) is 6.92 Å². The molecule has 2 nitrogen and oxygen atoms in total. The zero-order chi connectivity index (χ0) is 10.9. The zero-order valence-electron chi connectivity index (χ0n) is 9.58. The minimum atomic E-state index is 1.06. The maximum absolute atomic E-state index is 4.43. The molecule has 0 bridgehead atoms. The minimum Gasteiger partial charge on any atom is -0.316 e.